The summed E-state index contributed by atoms with van der Waals surface area (Å²) in [6.07, 6.45) is -10.5. The van der Waals surface area contributed by atoms with Crippen LogP contribution in [0, 0.1) is 17.3 Å². The highest BCUT2D eigenvalue weighted by Gasteiger charge is 2.92. The zero-order chi connectivity index (χ0) is 42.6. The first-order chi connectivity index (χ1) is 26.5. The first-order valence-corrected chi connectivity index (χ1v) is 18.2. The predicted octanol–water partition coefficient (Wildman–Crippen LogP) is 1.03. The van der Waals surface area contributed by atoms with Gasteiger partial charge in [-0.1, -0.05) is 13.8 Å². The molecule has 312 valence electrons. The number of cyclic esters (lactones) is 1. The van der Waals surface area contributed by atoms with E-state index >= 15 is 0 Å². The van der Waals surface area contributed by atoms with E-state index in [9.17, 15) is 43.5 Å². The molecule has 0 radical (unpaired) electrons. The van der Waals surface area contributed by atoms with Gasteiger partial charge in [-0.2, -0.15) is 0 Å². The largest absolute Gasteiger partial charge is 0.465 e. The number of nitrogens with zero attached hydrogens (tertiary/aromatic N) is 1. The van der Waals surface area contributed by atoms with Gasteiger partial charge in [-0.05, 0) is 26.0 Å². The Morgan fingerprint density at radius 2 is 1.30 bits per heavy atom. The number of hydrogen-bond acceptors (Lipinski definition) is 19. The summed E-state index contributed by atoms with van der Waals surface area (Å²) in [4.78, 5) is 111. The molecule has 1 aromatic rings. The smallest absolute Gasteiger partial charge is 0.340 e. The Hall–Kier alpha value is -5.17. The fourth-order valence-corrected chi connectivity index (χ4v) is 9.25. The maximum atomic E-state index is 14.3. The fraction of sp³-hybridized carbons (Fsp3) is 0.658. The van der Waals surface area contributed by atoms with E-state index in [1.807, 2.05) is 0 Å². The highest BCUT2D eigenvalue weighted by molar-refractivity contribution is 5.91. The van der Waals surface area contributed by atoms with E-state index in [0.717, 1.165) is 48.5 Å². The number of aliphatic hydroxyl groups is 1. The number of pyridine rings is 1. The summed E-state index contributed by atoms with van der Waals surface area (Å²) in [6, 6.07) is 2.89. The molecule has 57 heavy (non-hydrogen) atoms. The Morgan fingerprint density at radius 1 is 0.772 bits per heavy atom. The molecule has 5 rings (SSSR count). The van der Waals surface area contributed by atoms with Crippen molar-refractivity contribution in [1.29, 1.82) is 0 Å². The number of esters is 8. The molecule has 1 saturated heterocycles. The van der Waals surface area contributed by atoms with Crippen LogP contribution in [0.2, 0.25) is 0 Å². The molecular formula is C38H47NO18. The molecular weight excluding hydrogens is 758 g/mol. The number of fused-ring (bicyclic) bond motifs is 5. The monoisotopic (exact) mass is 805 g/mol. The lowest BCUT2D eigenvalue weighted by Crippen LogP contribution is -2.89. The van der Waals surface area contributed by atoms with Crippen molar-refractivity contribution in [1.82, 2.24) is 4.98 Å². The second-order valence-electron chi connectivity index (χ2n) is 15.3. The van der Waals surface area contributed by atoms with E-state index < -0.39 is 138 Å². The maximum absolute atomic E-state index is 14.3. The first kappa shape index (κ1) is 43.0. The van der Waals surface area contributed by atoms with Crippen LogP contribution in [-0.4, -0.2) is 124 Å². The Bertz CT molecular complexity index is 1860. The Labute approximate surface area is 327 Å². The van der Waals surface area contributed by atoms with Gasteiger partial charge in [0, 0.05) is 53.7 Å². The molecule has 19 nitrogen and oxygen atoms in total. The lowest BCUT2D eigenvalue weighted by Gasteiger charge is -2.67. The number of aromatic nitrogens is 1. The van der Waals surface area contributed by atoms with Gasteiger partial charge in [-0.3, -0.25) is 38.5 Å². The molecule has 3 fully saturated rings. The maximum Gasteiger partial charge on any atom is 0.340 e. The van der Waals surface area contributed by atoms with Crippen LogP contribution in [-0.2, 0) is 76.2 Å². The Kier molecular flexibility index (Phi) is 11.5. The van der Waals surface area contributed by atoms with E-state index in [4.69, 9.17) is 42.6 Å². The van der Waals surface area contributed by atoms with Crippen molar-refractivity contribution in [2.45, 2.75) is 129 Å². The van der Waals surface area contributed by atoms with Gasteiger partial charge in [-0.15, -0.1) is 0 Å². The number of carbonyl (C=O) groups excluding carboxylic acids is 8. The van der Waals surface area contributed by atoms with Crippen LogP contribution in [0.25, 0.3) is 0 Å². The predicted molar refractivity (Wildman–Crippen MR) is 185 cm³/mol. The van der Waals surface area contributed by atoms with Gasteiger partial charge in [0.2, 0.25) is 0 Å². The van der Waals surface area contributed by atoms with Gasteiger partial charge in [0.15, 0.2) is 30.0 Å². The lowest BCUT2D eigenvalue weighted by atomic mass is 9.45. The van der Waals surface area contributed by atoms with Crippen molar-refractivity contribution in [3.63, 3.8) is 0 Å². The van der Waals surface area contributed by atoms with E-state index in [-0.39, 0.29) is 11.3 Å². The zero-order valence-electron chi connectivity index (χ0n) is 33.2. The molecule has 1 N–H and O–H groups in total. The molecule has 2 aliphatic carbocycles. The highest BCUT2D eigenvalue weighted by Crippen LogP contribution is 2.70. The molecule has 1 aromatic heterocycles. The van der Waals surface area contributed by atoms with Crippen molar-refractivity contribution in [2.24, 2.45) is 17.3 Å². The second kappa shape index (κ2) is 15.3. The Morgan fingerprint density at radius 3 is 1.84 bits per heavy atom. The molecule has 0 aromatic carbocycles. The average Bonchev–Trinajstić information content (AvgIpc) is 3.32. The minimum absolute atomic E-state index is 0.0422. The number of ether oxygens (including phenoxy) is 9. The standard InChI is InChI=1S/C38H47NO18/c1-16-17(2)33(46)56-30-28(52-20(5)42)32(55-23(8)45)37(15-49-18(3)40)31(54-22(7)44)27(51-19(4)41)25-29(53-21(6)43)38(37,36(30,10)48)57-35(25,9)14-50-34(47)24-12-11-13-39-26(16)24/h11-13,16-17,25,27-32,48H,14-15H2,1-10H3/t16-,17-,25+,27+,28-,29+,30-,31+,32+,35-,36-,37+,38-/m0/s1. The van der Waals surface area contributed by atoms with Crippen molar-refractivity contribution in [3.8, 4) is 0 Å². The normalized spacial score (nSPS) is 38.2. The average molecular weight is 806 g/mol. The van der Waals surface area contributed by atoms with E-state index in [2.05, 4.69) is 4.98 Å². The van der Waals surface area contributed by atoms with Crippen LogP contribution in [0.3, 0.4) is 0 Å². The molecule has 19 heteroatoms. The van der Waals surface area contributed by atoms with E-state index in [1.54, 1.807) is 6.92 Å². The third kappa shape index (κ3) is 6.97. The van der Waals surface area contributed by atoms with Crippen LogP contribution in [0.15, 0.2) is 18.3 Å². The van der Waals surface area contributed by atoms with Gasteiger partial charge in [-0.25, -0.2) is 4.79 Å². The van der Waals surface area contributed by atoms with Gasteiger partial charge in [0.1, 0.15) is 42.0 Å². The third-order valence-corrected chi connectivity index (χ3v) is 11.4. The minimum atomic E-state index is -2.82. The first-order valence-electron chi connectivity index (χ1n) is 18.2. The van der Waals surface area contributed by atoms with Crippen LogP contribution >= 0.6 is 0 Å². The van der Waals surface area contributed by atoms with Crippen LogP contribution in [0.5, 0.6) is 0 Å². The molecule has 3 heterocycles. The van der Waals surface area contributed by atoms with Crippen molar-refractivity contribution >= 4 is 47.8 Å². The van der Waals surface area contributed by atoms with Gasteiger partial charge < -0.3 is 47.7 Å². The number of carbonyl (C=O) groups is 8. The van der Waals surface area contributed by atoms with Crippen LogP contribution in [0.4, 0.5) is 0 Å². The molecule has 2 aliphatic heterocycles. The van der Waals surface area contributed by atoms with Crippen molar-refractivity contribution in [3.05, 3.63) is 29.6 Å². The van der Waals surface area contributed by atoms with Gasteiger partial charge in [0.25, 0.3) is 0 Å². The lowest BCUT2D eigenvalue weighted by molar-refractivity contribution is -0.387. The van der Waals surface area contributed by atoms with E-state index in [1.165, 1.54) is 32.2 Å². The van der Waals surface area contributed by atoms with Crippen molar-refractivity contribution in [2.75, 3.05) is 13.2 Å². The topological polar surface area (TPSA) is 253 Å². The molecule has 0 unspecified atom stereocenters. The van der Waals surface area contributed by atoms with Gasteiger partial charge in [0.05, 0.1) is 23.1 Å². The molecule has 4 bridgehead atoms. The summed E-state index contributed by atoms with van der Waals surface area (Å²) >= 11 is 0. The number of hydrogen-bond donors (Lipinski definition) is 1. The molecule has 13 atom stereocenters. The second-order valence-corrected chi connectivity index (χ2v) is 15.3. The molecule has 4 aliphatic rings. The van der Waals surface area contributed by atoms with Crippen LogP contribution < -0.4 is 0 Å². The SMILES string of the molecule is CC(=O)OC[C@]12[C@H](OC(C)=O)[C@H](OC(C)=O)[C@@H]3[C@@H](OC(C)=O)[C@@]14O[C@@]3(C)COC(=O)c1cccnc1[C@@H](C)[C@H](C)C(=O)O[C@@H]([C@H](OC(C)=O)[C@H]2OC(C)=O)[C@]4(C)O. The van der Waals surface area contributed by atoms with Crippen molar-refractivity contribution < 1.29 is 86.1 Å². The minimum Gasteiger partial charge on any atom is -0.465 e. The van der Waals surface area contributed by atoms with E-state index in [0.29, 0.717) is 0 Å². The number of rotatable bonds is 7. The molecule has 0 amide bonds. The molecule has 1 spiro atoms. The highest BCUT2D eigenvalue weighted by atomic mass is 16.7. The van der Waals surface area contributed by atoms with Gasteiger partial charge >= 0.3 is 47.8 Å². The summed E-state index contributed by atoms with van der Waals surface area (Å²) in [6.45, 7) is 9.67. The molecule has 2 saturated carbocycles. The van der Waals surface area contributed by atoms with Crippen LogP contribution in [0.1, 0.15) is 91.2 Å². The summed E-state index contributed by atoms with van der Waals surface area (Å²) in [5, 5.41) is 13.4. The fourth-order valence-electron chi connectivity index (χ4n) is 9.25. The summed E-state index contributed by atoms with van der Waals surface area (Å²) in [5.41, 5.74) is -10.1. The third-order valence-electron chi connectivity index (χ3n) is 11.4. The zero-order valence-corrected chi connectivity index (χ0v) is 33.2. The Balaban J connectivity index is 2.01. The summed E-state index contributed by atoms with van der Waals surface area (Å²) in [7, 11) is 0. The summed E-state index contributed by atoms with van der Waals surface area (Å²) < 4.78 is 54.3. The quantitative estimate of drug-likeness (QED) is 0.298. The summed E-state index contributed by atoms with van der Waals surface area (Å²) in [5.74, 6) is -11.6.